The van der Waals surface area contributed by atoms with Crippen molar-refractivity contribution in [3.8, 4) is 0 Å². The SMILES string of the molecule is CC(OCC1CCCCO1)c1nc(C2(N)CCCC2)no1.Cl. The number of nitrogens with two attached hydrogens (primary N) is 1. The molecule has 0 spiro atoms. The Morgan fingerprint density at radius 2 is 2.09 bits per heavy atom. The van der Waals surface area contributed by atoms with E-state index in [2.05, 4.69) is 10.1 Å². The van der Waals surface area contributed by atoms with Gasteiger partial charge < -0.3 is 19.7 Å². The average molecular weight is 332 g/mol. The lowest BCUT2D eigenvalue weighted by Gasteiger charge is -2.23. The van der Waals surface area contributed by atoms with Crippen LogP contribution in [0.3, 0.4) is 0 Å². The molecular weight excluding hydrogens is 306 g/mol. The van der Waals surface area contributed by atoms with E-state index in [0.29, 0.717) is 18.3 Å². The van der Waals surface area contributed by atoms with Gasteiger partial charge in [-0.25, -0.2) is 0 Å². The summed E-state index contributed by atoms with van der Waals surface area (Å²) in [6.07, 6.45) is 7.51. The highest BCUT2D eigenvalue weighted by molar-refractivity contribution is 5.85. The van der Waals surface area contributed by atoms with Gasteiger partial charge in [0.05, 0.1) is 18.2 Å². The first-order valence-corrected chi connectivity index (χ1v) is 8.03. The fraction of sp³-hybridized carbons (Fsp3) is 0.867. The van der Waals surface area contributed by atoms with Crippen LogP contribution in [-0.2, 0) is 15.0 Å². The normalized spacial score (nSPS) is 25.6. The number of nitrogens with zero attached hydrogens (tertiary/aromatic N) is 2. The van der Waals surface area contributed by atoms with Crippen LogP contribution in [0.4, 0.5) is 0 Å². The van der Waals surface area contributed by atoms with Gasteiger partial charge in [-0.3, -0.25) is 0 Å². The molecule has 2 atom stereocenters. The third kappa shape index (κ3) is 3.98. The van der Waals surface area contributed by atoms with Crippen LogP contribution < -0.4 is 5.73 Å². The summed E-state index contributed by atoms with van der Waals surface area (Å²) in [4.78, 5) is 4.46. The minimum atomic E-state index is -0.409. The van der Waals surface area contributed by atoms with E-state index in [4.69, 9.17) is 19.7 Å². The van der Waals surface area contributed by atoms with Crippen LogP contribution in [0.2, 0.25) is 0 Å². The number of halogens is 1. The van der Waals surface area contributed by atoms with Gasteiger partial charge in [-0.15, -0.1) is 12.4 Å². The molecule has 0 bridgehead atoms. The van der Waals surface area contributed by atoms with Crippen molar-refractivity contribution in [1.82, 2.24) is 10.1 Å². The average Bonchev–Trinajstić information content (AvgIpc) is 3.16. The zero-order valence-electron chi connectivity index (χ0n) is 13.1. The second-order valence-corrected chi connectivity index (χ2v) is 6.28. The number of hydrogen-bond acceptors (Lipinski definition) is 6. The van der Waals surface area contributed by atoms with Crippen LogP contribution in [0, 0.1) is 0 Å². The third-order valence-corrected chi connectivity index (χ3v) is 4.54. The molecule has 3 rings (SSSR count). The standard InChI is InChI=1S/C15H25N3O3.ClH/c1-11(20-10-12-6-2-5-9-19-12)13-17-14(18-21-13)15(16)7-3-4-8-15;/h11-12H,2-10,16H2,1H3;1H. The summed E-state index contributed by atoms with van der Waals surface area (Å²) in [5, 5.41) is 4.06. The highest BCUT2D eigenvalue weighted by Gasteiger charge is 2.36. The van der Waals surface area contributed by atoms with E-state index >= 15 is 0 Å². The van der Waals surface area contributed by atoms with Crippen molar-refractivity contribution in [2.45, 2.75) is 69.6 Å². The van der Waals surface area contributed by atoms with Gasteiger partial charge in [-0.1, -0.05) is 18.0 Å². The summed E-state index contributed by atoms with van der Waals surface area (Å²) in [7, 11) is 0. The van der Waals surface area contributed by atoms with E-state index < -0.39 is 5.54 Å². The zero-order chi connectivity index (χ0) is 14.7. The summed E-state index contributed by atoms with van der Waals surface area (Å²) in [5.41, 5.74) is 5.93. The lowest BCUT2D eigenvalue weighted by atomic mass is 9.99. The van der Waals surface area contributed by atoms with Gasteiger partial charge in [0.1, 0.15) is 6.10 Å². The first-order chi connectivity index (χ1) is 10.2. The Morgan fingerprint density at radius 3 is 2.77 bits per heavy atom. The maximum atomic E-state index is 6.34. The predicted molar refractivity (Wildman–Crippen MR) is 83.8 cm³/mol. The Morgan fingerprint density at radius 1 is 1.32 bits per heavy atom. The van der Waals surface area contributed by atoms with Crippen LogP contribution in [0.15, 0.2) is 4.52 Å². The molecule has 2 heterocycles. The third-order valence-electron chi connectivity index (χ3n) is 4.54. The molecule has 1 aromatic rings. The molecule has 1 aliphatic carbocycles. The molecular formula is C15H26ClN3O3. The summed E-state index contributed by atoms with van der Waals surface area (Å²) in [6.45, 7) is 3.34. The molecule has 2 fully saturated rings. The molecule has 0 amide bonds. The Kier molecular flexibility index (Phi) is 6.20. The second-order valence-electron chi connectivity index (χ2n) is 6.28. The molecule has 2 unspecified atom stereocenters. The Labute approximate surface area is 137 Å². The number of hydrogen-bond donors (Lipinski definition) is 1. The number of rotatable bonds is 5. The second kappa shape index (κ2) is 7.73. The number of aromatic nitrogens is 2. The van der Waals surface area contributed by atoms with Gasteiger partial charge in [-0.05, 0) is 39.0 Å². The Balaban J connectivity index is 0.00000176. The summed E-state index contributed by atoms with van der Waals surface area (Å²) < 4.78 is 16.8. The number of ether oxygens (including phenoxy) is 2. The van der Waals surface area contributed by atoms with Gasteiger partial charge in [-0.2, -0.15) is 4.98 Å². The van der Waals surface area contributed by atoms with Crippen LogP contribution in [0.25, 0.3) is 0 Å². The maximum Gasteiger partial charge on any atom is 0.255 e. The van der Waals surface area contributed by atoms with E-state index in [1.54, 1.807) is 0 Å². The molecule has 1 saturated carbocycles. The van der Waals surface area contributed by atoms with E-state index in [0.717, 1.165) is 45.1 Å². The minimum Gasteiger partial charge on any atom is -0.376 e. The summed E-state index contributed by atoms with van der Waals surface area (Å²) in [5.74, 6) is 1.14. The summed E-state index contributed by atoms with van der Waals surface area (Å²) in [6, 6.07) is 0. The molecule has 0 aromatic carbocycles. The van der Waals surface area contributed by atoms with Crippen molar-refractivity contribution in [3.05, 3.63) is 11.7 Å². The molecule has 22 heavy (non-hydrogen) atoms. The van der Waals surface area contributed by atoms with Gasteiger partial charge in [0.15, 0.2) is 5.82 Å². The van der Waals surface area contributed by atoms with Crippen molar-refractivity contribution in [1.29, 1.82) is 0 Å². The highest BCUT2D eigenvalue weighted by atomic mass is 35.5. The van der Waals surface area contributed by atoms with E-state index in [1.807, 2.05) is 6.92 Å². The quantitative estimate of drug-likeness (QED) is 0.893. The molecule has 2 aliphatic rings. The Hall–Kier alpha value is -0.690. The molecule has 1 aromatic heterocycles. The molecule has 1 aliphatic heterocycles. The fourth-order valence-corrected chi connectivity index (χ4v) is 3.09. The van der Waals surface area contributed by atoms with Gasteiger partial charge in [0.25, 0.3) is 5.89 Å². The largest absolute Gasteiger partial charge is 0.376 e. The molecule has 6 nitrogen and oxygen atoms in total. The van der Waals surface area contributed by atoms with Gasteiger partial charge >= 0.3 is 0 Å². The highest BCUT2D eigenvalue weighted by Crippen LogP contribution is 2.35. The van der Waals surface area contributed by atoms with E-state index in [9.17, 15) is 0 Å². The smallest absolute Gasteiger partial charge is 0.255 e. The van der Waals surface area contributed by atoms with Crippen molar-refractivity contribution in [2.24, 2.45) is 5.73 Å². The van der Waals surface area contributed by atoms with Crippen molar-refractivity contribution in [2.75, 3.05) is 13.2 Å². The van der Waals surface area contributed by atoms with Gasteiger partial charge in [0, 0.05) is 6.61 Å². The van der Waals surface area contributed by atoms with Crippen molar-refractivity contribution >= 4 is 12.4 Å². The molecule has 126 valence electrons. The van der Waals surface area contributed by atoms with Gasteiger partial charge in [0.2, 0.25) is 0 Å². The topological polar surface area (TPSA) is 83.4 Å². The first-order valence-electron chi connectivity index (χ1n) is 8.03. The monoisotopic (exact) mass is 331 g/mol. The van der Waals surface area contributed by atoms with E-state index in [-0.39, 0.29) is 24.6 Å². The lowest BCUT2D eigenvalue weighted by molar-refractivity contribution is -0.0656. The van der Waals surface area contributed by atoms with Crippen molar-refractivity contribution < 1.29 is 14.0 Å². The van der Waals surface area contributed by atoms with Crippen LogP contribution >= 0.6 is 12.4 Å². The van der Waals surface area contributed by atoms with Crippen molar-refractivity contribution in [3.63, 3.8) is 0 Å². The fourth-order valence-electron chi connectivity index (χ4n) is 3.09. The molecule has 1 saturated heterocycles. The predicted octanol–water partition coefficient (Wildman–Crippen LogP) is 2.87. The van der Waals surface area contributed by atoms with Crippen LogP contribution in [0.5, 0.6) is 0 Å². The van der Waals surface area contributed by atoms with E-state index in [1.165, 1.54) is 6.42 Å². The maximum absolute atomic E-state index is 6.34. The zero-order valence-corrected chi connectivity index (χ0v) is 13.9. The minimum absolute atomic E-state index is 0. The van der Waals surface area contributed by atoms with Crippen LogP contribution in [0.1, 0.15) is 69.7 Å². The molecule has 7 heteroatoms. The first kappa shape index (κ1) is 17.7. The Bertz CT molecular complexity index is 457. The summed E-state index contributed by atoms with van der Waals surface area (Å²) >= 11 is 0. The lowest BCUT2D eigenvalue weighted by Crippen LogP contribution is -2.34. The van der Waals surface area contributed by atoms with Crippen LogP contribution in [-0.4, -0.2) is 29.5 Å². The molecule has 2 N–H and O–H groups in total. The molecule has 0 radical (unpaired) electrons.